The van der Waals surface area contributed by atoms with Gasteiger partial charge in [-0.2, -0.15) is 4.31 Å². The van der Waals surface area contributed by atoms with Crippen molar-refractivity contribution in [2.24, 2.45) is 0 Å². The molecule has 0 amide bonds. The molecular weight excluding hydrogens is 462 g/mol. The minimum atomic E-state index is -3.67. The molecule has 1 aromatic heterocycles. The summed E-state index contributed by atoms with van der Waals surface area (Å²) < 4.78 is 34.0. The van der Waals surface area contributed by atoms with Crippen LogP contribution in [0.4, 0.5) is 0 Å². The number of benzene rings is 2. The molecule has 0 aliphatic carbocycles. The lowest BCUT2D eigenvalue weighted by molar-refractivity contribution is -0.0553. The highest BCUT2D eigenvalue weighted by Crippen LogP contribution is 2.43. The van der Waals surface area contributed by atoms with Gasteiger partial charge in [-0.3, -0.25) is 9.88 Å². The Hall–Kier alpha value is -2.78. The predicted octanol–water partition coefficient (Wildman–Crippen LogP) is 3.37. The molecule has 0 saturated carbocycles. The largest absolute Gasteiger partial charge is 0.497 e. The van der Waals surface area contributed by atoms with E-state index in [0.717, 1.165) is 36.1 Å². The molecule has 3 heterocycles. The van der Waals surface area contributed by atoms with Gasteiger partial charge in [-0.1, -0.05) is 36.4 Å². The monoisotopic (exact) mass is 493 g/mol. The molecule has 184 valence electrons. The number of methoxy groups -OCH3 is 1. The molecule has 0 spiro atoms. The van der Waals surface area contributed by atoms with E-state index < -0.39 is 10.0 Å². The molecule has 0 unspecified atom stereocenters. The van der Waals surface area contributed by atoms with Gasteiger partial charge in [0.1, 0.15) is 5.75 Å². The summed E-state index contributed by atoms with van der Waals surface area (Å²) in [7, 11) is -2.14. The molecule has 8 heteroatoms. The molecule has 2 aliphatic rings. The van der Waals surface area contributed by atoms with E-state index in [9.17, 15) is 13.5 Å². The van der Waals surface area contributed by atoms with Crippen molar-refractivity contribution in [3.63, 3.8) is 0 Å². The van der Waals surface area contributed by atoms with Crippen LogP contribution in [-0.4, -0.2) is 73.1 Å². The Kier molecular flexibility index (Phi) is 6.88. The molecular formula is C27H31N3O4S. The van der Waals surface area contributed by atoms with E-state index in [4.69, 9.17) is 4.74 Å². The Bertz CT molecular complexity index is 1250. The summed E-state index contributed by atoms with van der Waals surface area (Å²) in [5.41, 5.74) is 3.25. The highest BCUT2D eigenvalue weighted by molar-refractivity contribution is 7.89. The third-order valence-electron chi connectivity index (χ3n) is 7.30. The van der Waals surface area contributed by atoms with Crippen LogP contribution >= 0.6 is 0 Å². The van der Waals surface area contributed by atoms with E-state index in [-0.39, 0.29) is 29.5 Å². The third kappa shape index (κ3) is 4.59. The van der Waals surface area contributed by atoms with E-state index in [1.807, 2.05) is 18.3 Å². The van der Waals surface area contributed by atoms with Gasteiger partial charge in [0.05, 0.1) is 18.6 Å². The highest BCUT2D eigenvalue weighted by Gasteiger charge is 2.50. The average Bonchev–Trinajstić information content (AvgIpc) is 2.88. The molecule has 5 rings (SSSR count). The second-order valence-electron chi connectivity index (χ2n) is 9.19. The van der Waals surface area contributed by atoms with Crippen molar-refractivity contribution in [2.45, 2.75) is 35.7 Å². The smallest absolute Gasteiger partial charge is 0.243 e. The van der Waals surface area contributed by atoms with Gasteiger partial charge in [-0.15, -0.1) is 0 Å². The fraction of sp³-hybridized carbons (Fsp3) is 0.370. The molecule has 0 bridgehead atoms. The SMILES string of the molecule is COc1cccc(S(=O)(=O)N2CCCCN3[C@H](CO)[C@@H](c4ccc(-c5cccnc5)cc4)[C@@H]3C2)c1. The number of rotatable bonds is 6. The first-order valence-corrected chi connectivity index (χ1v) is 13.5. The average molecular weight is 494 g/mol. The molecule has 2 saturated heterocycles. The van der Waals surface area contributed by atoms with Crippen LogP contribution in [0.3, 0.4) is 0 Å². The van der Waals surface area contributed by atoms with Crippen molar-refractivity contribution in [3.8, 4) is 16.9 Å². The number of sulfonamides is 1. The normalized spacial score (nSPS) is 23.5. The number of aliphatic hydroxyl groups is 1. The van der Waals surface area contributed by atoms with Crippen LogP contribution in [-0.2, 0) is 10.0 Å². The van der Waals surface area contributed by atoms with Crippen molar-refractivity contribution < 1.29 is 18.3 Å². The second-order valence-corrected chi connectivity index (χ2v) is 11.1. The number of pyridine rings is 1. The van der Waals surface area contributed by atoms with Crippen LogP contribution in [0.25, 0.3) is 11.1 Å². The Morgan fingerprint density at radius 1 is 1.03 bits per heavy atom. The molecule has 3 aromatic rings. The highest BCUT2D eigenvalue weighted by atomic mass is 32.2. The Morgan fingerprint density at radius 3 is 2.54 bits per heavy atom. The number of nitrogens with zero attached hydrogens (tertiary/aromatic N) is 3. The minimum Gasteiger partial charge on any atom is -0.497 e. The van der Waals surface area contributed by atoms with Gasteiger partial charge in [0.25, 0.3) is 0 Å². The zero-order chi connectivity index (χ0) is 24.4. The fourth-order valence-corrected chi connectivity index (χ4v) is 7.00. The van der Waals surface area contributed by atoms with Crippen molar-refractivity contribution in [1.82, 2.24) is 14.2 Å². The quantitative estimate of drug-likeness (QED) is 0.567. The lowest BCUT2D eigenvalue weighted by atomic mass is 9.74. The van der Waals surface area contributed by atoms with E-state index in [2.05, 4.69) is 34.1 Å². The van der Waals surface area contributed by atoms with Crippen molar-refractivity contribution in [3.05, 3.63) is 78.6 Å². The maximum absolute atomic E-state index is 13.6. The van der Waals surface area contributed by atoms with Gasteiger partial charge in [0, 0.05) is 49.6 Å². The fourth-order valence-electron chi connectivity index (χ4n) is 5.47. The molecule has 0 radical (unpaired) electrons. The van der Waals surface area contributed by atoms with Gasteiger partial charge >= 0.3 is 0 Å². The Balaban J connectivity index is 1.42. The first-order chi connectivity index (χ1) is 17.0. The molecule has 2 aromatic carbocycles. The van der Waals surface area contributed by atoms with Gasteiger partial charge in [-0.05, 0) is 54.3 Å². The number of aromatic nitrogens is 1. The van der Waals surface area contributed by atoms with Gasteiger partial charge in [0.15, 0.2) is 0 Å². The van der Waals surface area contributed by atoms with Crippen LogP contribution in [0.1, 0.15) is 24.3 Å². The summed E-state index contributed by atoms with van der Waals surface area (Å²) in [5.74, 6) is 0.583. The van der Waals surface area contributed by atoms with Crippen molar-refractivity contribution >= 4 is 10.0 Å². The Labute approximate surface area is 207 Å². The molecule has 35 heavy (non-hydrogen) atoms. The van der Waals surface area contributed by atoms with E-state index >= 15 is 0 Å². The van der Waals surface area contributed by atoms with E-state index in [1.165, 1.54) is 7.11 Å². The van der Waals surface area contributed by atoms with Gasteiger partial charge < -0.3 is 9.84 Å². The summed E-state index contributed by atoms with van der Waals surface area (Å²) in [4.78, 5) is 6.74. The maximum Gasteiger partial charge on any atom is 0.243 e. The molecule has 2 aliphatic heterocycles. The van der Waals surface area contributed by atoms with Gasteiger partial charge in [-0.25, -0.2) is 8.42 Å². The van der Waals surface area contributed by atoms with Crippen molar-refractivity contribution in [1.29, 1.82) is 0 Å². The van der Waals surface area contributed by atoms with E-state index in [1.54, 1.807) is 34.8 Å². The van der Waals surface area contributed by atoms with E-state index in [0.29, 0.717) is 18.8 Å². The summed E-state index contributed by atoms with van der Waals surface area (Å²) >= 11 is 0. The number of hydrogen-bond donors (Lipinski definition) is 1. The molecule has 3 atom stereocenters. The Morgan fingerprint density at radius 2 is 1.83 bits per heavy atom. The number of hydrogen-bond acceptors (Lipinski definition) is 6. The number of aliphatic hydroxyl groups excluding tert-OH is 1. The first kappa shape index (κ1) is 23.9. The lowest BCUT2D eigenvalue weighted by Crippen LogP contribution is -2.67. The summed E-state index contributed by atoms with van der Waals surface area (Å²) in [6.45, 7) is 1.80. The summed E-state index contributed by atoms with van der Waals surface area (Å²) in [5, 5.41) is 10.2. The third-order valence-corrected chi connectivity index (χ3v) is 9.16. The molecule has 2 fully saturated rings. The van der Waals surface area contributed by atoms with Gasteiger partial charge in [0.2, 0.25) is 10.0 Å². The lowest BCUT2D eigenvalue weighted by Gasteiger charge is -2.57. The first-order valence-electron chi connectivity index (χ1n) is 12.0. The van der Waals surface area contributed by atoms with Crippen LogP contribution < -0.4 is 4.74 Å². The topological polar surface area (TPSA) is 83.0 Å². The van der Waals surface area contributed by atoms with Crippen LogP contribution in [0, 0.1) is 0 Å². The zero-order valence-corrected chi connectivity index (χ0v) is 20.6. The predicted molar refractivity (Wildman–Crippen MR) is 135 cm³/mol. The van der Waals surface area contributed by atoms with Crippen LogP contribution in [0.2, 0.25) is 0 Å². The molecule has 1 N–H and O–H groups in total. The van der Waals surface area contributed by atoms with Crippen molar-refractivity contribution in [2.75, 3.05) is 33.4 Å². The number of fused-ring (bicyclic) bond motifs is 1. The zero-order valence-electron chi connectivity index (χ0n) is 19.8. The summed E-state index contributed by atoms with van der Waals surface area (Å²) in [6.07, 6.45) is 5.28. The molecule has 7 nitrogen and oxygen atoms in total. The van der Waals surface area contributed by atoms with Crippen LogP contribution in [0.5, 0.6) is 5.75 Å². The number of ether oxygens (including phenoxy) is 1. The van der Waals surface area contributed by atoms with Crippen LogP contribution in [0.15, 0.2) is 78.0 Å². The second kappa shape index (κ2) is 10.1. The standard InChI is InChI=1S/C27H31N3O4S/c1-34-23-7-4-8-24(16-23)35(32,33)29-14-2-3-15-30-25(18-29)27(26(30)19-31)21-11-9-20(10-12-21)22-6-5-13-28-17-22/h4-13,16-17,25-27,31H,2-3,14-15,18-19H2,1H3/t25-,26+,27-/m0/s1. The minimum absolute atomic E-state index is 0.0104. The maximum atomic E-state index is 13.6. The summed E-state index contributed by atoms with van der Waals surface area (Å²) in [6, 6.07) is 19.0.